The maximum atomic E-state index is 14.0. The highest BCUT2D eigenvalue weighted by Crippen LogP contribution is 2.20. The van der Waals surface area contributed by atoms with Crippen LogP contribution in [0, 0.1) is 11.7 Å². The van der Waals surface area contributed by atoms with Gasteiger partial charge in [-0.1, -0.05) is 19.9 Å². The zero-order valence-electron chi connectivity index (χ0n) is 12.5. The Morgan fingerprint density at radius 1 is 1.33 bits per heavy atom. The summed E-state index contributed by atoms with van der Waals surface area (Å²) >= 11 is 0. The molecule has 6 heteroatoms. The molecule has 0 bridgehead atoms. The number of benzene rings is 1. The van der Waals surface area contributed by atoms with Crippen LogP contribution >= 0.6 is 0 Å². The molecule has 0 atom stereocenters. The Morgan fingerprint density at radius 2 is 2.05 bits per heavy atom. The lowest BCUT2D eigenvalue weighted by molar-refractivity contribution is 0.539. The third-order valence-corrected chi connectivity index (χ3v) is 4.97. The van der Waals surface area contributed by atoms with Gasteiger partial charge in [0.1, 0.15) is 10.7 Å². The first-order valence-electron chi connectivity index (χ1n) is 7.40. The van der Waals surface area contributed by atoms with E-state index in [0.29, 0.717) is 25.0 Å². The highest BCUT2D eigenvalue weighted by atomic mass is 32.2. The summed E-state index contributed by atoms with van der Waals surface area (Å²) in [4.78, 5) is -0.276. The first-order valence-corrected chi connectivity index (χ1v) is 8.88. The van der Waals surface area contributed by atoms with Crippen molar-refractivity contribution < 1.29 is 12.8 Å². The molecule has 1 saturated carbocycles. The van der Waals surface area contributed by atoms with Gasteiger partial charge in [0, 0.05) is 19.1 Å². The normalized spacial score (nSPS) is 15.6. The summed E-state index contributed by atoms with van der Waals surface area (Å²) in [5.41, 5.74) is 0.764. The third kappa shape index (κ3) is 5.05. The number of hydrogen-bond acceptors (Lipinski definition) is 3. The smallest absolute Gasteiger partial charge is 0.243 e. The summed E-state index contributed by atoms with van der Waals surface area (Å²) in [5, 5.41) is 3.27. The number of hydrogen-bond donors (Lipinski definition) is 2. The van der Waals surface area contributed by atoms with Gasteiger partial charge in [0.25, 0.3) is 0 Å². The minimum Gasteiger partial charge on any atom is -0.310 e. The van der Waals surface area contributed by atoms with Gasteiger partial charge in [-0.25, -0.2) is 17.5 Å². The molecule has 0 radical (unpaired) electrons. The number of sulfonamides is 1. The Bertz CT molecular complexity index is 583. The van der Waals surface area contributed by atoms with Crippen LogP contribution in [0.4, 0.5) is 4.39 Å². The van der Waals surface area contributed by atoms with Crippen molar-refractivity contribution >= 4 is 10.0 Å². The number of rotatable bonds is 8. The van der Waals surface area contributed by atoms with Crippen molar-refractivity contribution in [3.05, 3.63) is 29.6 Å². The fraction of sp³-hybridized carbons (Fsp3) is 0.600. The van der Waals surface area contributed by atoms with Crippen LogP contribution in [0.25, 0.3) is 0 Å². The van der Waals surface area contributed by atoms with Gasteiger partial charge in [0.15, 0.2) is 0 Å². The van der Waals surface area contributed by atoms with Crippen molar-refractivity contribution in [2.24, 2.45) is 5.92 Å². The molecule has 118 valence electrons. The lowest BCUT2D eigenvalue weighted by Gasteiger charge is -2.10. The van der Waals surface area contributed by atoms with E-state index in [1.807, 2.05) is 13.8 Å². The molecule has 1 aromatic rings. The molecule has 1 fully saturated rings. The van der Waals surface area contributed by atoms with Crippen molar-refractivity contribution in [3.63, 3.8) is 0 Å². The summed E-state index contributed by atoms with van der Waals surface area (Å²) in [7, 11) is -3.77. The molecule has 0 saturated heterocycles. The van der Waals surface area contributed by atoms with Gasteiger partial charge < -0.3 is 5.32 Å². The first kappa shape index (κ1) is 16.4. The summed E-state index contributed by atoms with van der Waals surface area (Å²) in [6.45, 7) is 4.92. The van der Waals surface area contributed by atoms with Crippen molar-refractivity contribution in [2.75, 3.05) is 6.54 Å². The fourth-order valence-electron chi connectivity index (χ4n) is 1.98. The van der Waals surface area contributed by atoms with Crippen LogP contribution in [-0.2, 0) is 16.6 Å². The standard InChI is InChI=1S/C15H23FN2O2S/c1-11(2)7-8-18-21(19,20)15-6-3-12(9-14(15)16)10-17-13-4-5-13/h3,6,9,11,13,17-18H,4-5,7-8,10H2,1-2H3. The van der Waals surface area contributed by atoms with E-state index in [1.54, 1.807) is 6.07 Å². The van der Waals surface area contributed by atoms with Crippen LogP contribution in [0.5, 0.6) is 0 Å². The van der Waals surface area contributed by atoms with E-state index in [9.17, 15) is 12.8 Å². The molecule has 0 heterocycles. The van der Waals surface area contributed by atoms with Crippen LogP contribution in [-0.4, -0.2) is 21.0 Å². The third-order valence-electron chi connectivity index (χ3n) is 3.47. The first-order chi connectivity index (χ1) is 9.88. The van der Waals surface area contributed by atoms with Gasteiger partial charge in [-0.15, -0.1) is 0 Å². The number of nitrogens with one attached hydrogen (secondary N) is 2. The second kappa shape index (κ2) is 6.85. The van der Waals surface area contributed by atoms with Crippen LogP contribution in [0.2, 0.25) is 0 Å². The van der Waals surface area contributed by atoms with Crippen molar-refractivity contribution in [1.29, 1.82) is 0 Å². The average Bonchev–Trinajstić information content (AvgIpc) is 3.19. The topological polar surface area (TPSA) is 58.2 Å². The summed E-state index contributed by atoms with van der Waals surface area (Å²) in [5.74, 6) is -0.296. The Hall–Kier alpha value is -0.980. The molecule has 1 aliphatic carbocycles. The Kier molecular flexibility index (Phi) is 5.35. The molecule has 4 nitrogen and oxygen atoms in total. The van der Waals surface area contributed by atoms with Crippen LogP contribution in [0.1, 0.15) is 38.7 Å². The van der Waals surface area contributed by atoms with E-state index in [-0.39, 0.29) is 4.90 Å². The van der Waals surface area contributed by atoms with Gasteiger partial charge in [-0.3, -0.25) is 0 Å². The Labute approximate surface area is 126 Å². The molecular formula is C15H23FN2O2S. The second-order valence-electron chi connectivity index (χ2n) is 6.00. The molecule has 1 aliphatic rings. The Balaban J connectivity index is 2.00. The van der Waals surface area contributed by atoms with Gasteiger partial charge in [-0.2, -0.15) is 0 Å². The summed E-state index contributed by atoms with van der Waals surface area (Å²) in [6, 6.07) is 4.84. The van der Waals surface area contributed by atoms with Crippen LogP contribution in [0.15, 0.2) is 23.1 Å². The molecule has 0 unspecified atom stereocenters. The highest BCUT2D eigenvalue weighted by Gasteiger charge is 2.21. The minimum atomic E-state index is -3.77. The maximum Gasteiger partial charge on any atom is 0.243 e. The van der Waals surface area contributed by atoms with Gasteiger partial charge in [0.2, 0.25) is 10.0 Å². The zero-order valence-corrected chi connectivity index (χ0v) is 13.3. The van der Waals surface area contributed by atoms with E-state index < -0.39 is 15.8 Å². The maximum absolute atomic E-state index is 14.0. The van der Waals surface area contributed by atoms with E-state index in [1.165, 1.54) is 12.1 Å². The molecule has 1 aromatic carbocycles. The predicted molar refractivity (Wildman–Crippen MR) is 80.9 cm³/mol. The second-order valence-corrected chi connectivity index (χ2v) is 7.74. The van der Waals surface area contributed by atoms with Crippen molar-refractivity contribution in [2.45, 2.75) is 50.6 Å². The predicted octanol–water partition coefficient (Wildman–Crippen LogP) is 2.40. The molecule has 0 aliphatic heterocycles. The van der Waals surface area contributed by atoms with Crippen molar-refractivity contribution in [3.8, 4) is 0 Å². The molecule has 0 aromatic heterocycles. The van der Waals surface area contributed by atoms with E-state index in [0.717, 1.165) is 24.8 Å². The molecule has 21 heavy (non-hydrogen) atoms. The summed E-state index contributed by atoms with van der Waals surface area (Å²) in [6.07, 6.45) is 3.05. The SMILES string of the molecule is CC(C)CCNS(=O)(=O)c1ccc(CNC2CC2)cc1F. The lowest BCUT2D eigenvalue weighted by atomic mass is 10.1. The Morgan fingerprint density at radius 3 is 2.62 bits per heavy atom. The van der Waals surface area contributed by atoms with Gasteiger partial charge in [-0.05, 0) is 42.9 Å². The highest BCUT2D eigenvalue weighted by molar-refractivity contribution is 7.89. The largest absolute Gasteiger partial charge is 0.310 e. The zero-order chi connectivity index (χ0) is 15.5. The monoisotopic (exact) mass is 314 g/mol. The quantitative estimate of drug-likeness (QED) is 0.774. The van der Waals surface area contributed by atoms with E-state index in [4.69, 9.17) is 0 Å². The average molecular weight is 314 g/mol. The molecule has 2 rings (SSSR count). The van der Waals surface area contributed by atoms with E-state index >= 15 is 0 Å². The van der Waals surface area contributed by atoms with Gasteiger partial charge in [0.05, 0.1) is 0 Å². The fourth-order valence-corrected chi connectivity index (χ4v) is 3.09. The van der Waals surface area contributed by atoms with Crippen LogP contribution in [0.3, 0.4) is 0 Å². The molecular weight excluding hydrogens is 291 g/mol. The minimum absolute atomic E-state index is 0.276. The van der Waals surface area contributed by atoms with E-state index in [2.05, 4.69) is 10.0 Å². The lowest BCUT2D eigenvalue weighted by Crippen LogP contribution is -2.26. The molecule has 0 amide bonds. The molecule has 2 N–H and O–H groups in total. The van der Waals surface area contributed by atoms with Crippen molar-refractivity contribution in [1.82, 2.24) is 10.0 Å². The summed E-state index contributed by atoms with van der Waals surface area (Å²) < 4.78 is 40.6. The van der Waals surface area contributed by atoms with Gasteiger partial charge >= 0.3 is 0 Å². The molecule has 0 spiro atoms. The van der Waals surface area contributed by atoms with Crippen LogP contribution < -0.4 is 10.0 Å². The number of halogens is 1.